The predicted molar refractivity (Wildman–Crippen MR) is 62.6 cm³/mol. The molecule has 1 aromatic carbocycles. The van der Waals surface area contributed by atoms with Crippen molar-refractivity contribution in [3.05, 3.63) is 28.8 Å². The molecule has 0 aliphatic carbocycles. The largest absolute Gasteiger partial charge is 0.496 e. The van der Waals surface area contributed by atoms with E-state index in [1.54, 1.807) is 25.3 Å². The Morgan fingerprint density at radius 3 is 2.76 bits per heavy atom. The number of carbonyl (C=O) groups is 1. The zero-order chi connectivity index (χ0) is 12.5. The number of hydrogen-bond donors (Lipinski definition) is 1. The molecule has 1 aromatic rings. The number of aliphatic carboxylic acids is 1. The summed E-state index contributed by atoms with van der Waals surface area (Å²) in [5.41, 5.74) is -0.0384. The number of benzene rings is 1. The van der Waals surface area contributed by atoms with E-state index in [4.69, 9.17) is 21.1 Å². The second-order valence-corrected chi connectivity index (χ2v) is 4.65. The molecular weight excluding hydrogens is 244 g/mol. The minimum atomic E-state index is -0.842. The van der Waals surface area contributed by atoms with E-state index < -0.39 is 11.4 Å². The summed E-state index contributed by atoms with van der Waals surface area (Å²) >= 11 is 5.91. The Bertz CT molecular complexity index is 440. The molecule has 2 rings (SSSR count). The van der Waals surface area contributed by atoms with Gasteiger partial charge in [-0.15, -0.1) is 0 Å². The van der Waals surface area contributed by atoms with Crippen molar-refractivity contribution < 1.29 is 19.4 Å². The third-order valence-corrected chi connectivity index (χ3v) is 3.22. The van der Waals surface area contributed by atoms with Gasteiger partial charge in [0.05, 0.1) is 20.3 Å². The fraction of sp³-hybridized carbons (Fsp3) is 0.417. The smallest absolute Gasteiger partial charge is 0.314 e. The number of carboxylic acids is 1. The average Bonchev–Trinajstić information content (AvgIpc) is 2.23. The zero-order valence-corrected chi connectivity index (χ0v) is 10.2. The molecule has 4 nitrogen and oxygen atoms in total. The van der Waals surface area contributed by atoms with E-state index in [1.807, 2.05) is 0 Å². The van der Waals surface area contributed by atoms with Crippen LogP contribution in [0.4, 0.5) is 0 Å². The van der Waals surface area contributed by atoms with Crippen LogP contribution in [0.25, 0.3) is 0 Å². The molecule has 0 radical (unpaired) electrons. The Morgan fingerprint density at radius 1 is 1.59 bits per heavy atom. The maximum absolute atomic E-state index is 11.2. The minimum Gasteiger partial charge on any atom is -0.496 e. The van der Waals surface area contributed by atoms with Gasteiger partial charge in [0.2, 0.25) is 0 Å². The van der Waals surface area contributed by atoms with Gasteiger partial charge < -0.3 is 14.6 Å². The third kappa shape index (κ3) is 2.23. The fourth-order valence-electron chi connectivity index (χ4n) is 1.90. The van der Waals surface area contributed by atoms with Gasteiger partial charge in [-0.25, -0.2) is 0 Å². The van der Waals surface area contributed by atoms with Crippen molar-refractivity contribution in [2.45, 2.75) is 6.42 Å². The van der Waals surface area contributed by atoms with Crippen molar-refractivity contribution in [3.63, 3.8) is 0 Å². The van der Waals surface area contributed by atoms with Gasteiger partial charge in [0.25, 0.3) is 0 Å². The first-order valence-corrected chi connectivity index (χ1v) is 5.59. The number of methoxy groups -OCH3 is 1. The van der Waals surface area contributed by atoms with Gasteiger partial charge in [0.1, 0.15) is 11.2 Å². The van der Waals surface area contributed by atoms with Gasteiger partial charge in [-0.05, 0) is 30.2 Å². The standard InChI is InChI=1S/C12H13ClO4/c1-16-10-3-2-9(13)4-8(10)5-12(11(14)15)6-17-7-12/h2-4H,5-7H2,1H3,(H,14,15). The Morgan fingerprint density at radius 2 is 2.29 bits per heavy atom. The van der Waals surface area contributed by atoms with E-state index in [9.17, 15) is 9.90 Å². The Labute approximate surface area is 104 Å². The third-order valence-electron chi connectivity index (χ3n) is 2.98. The SMILES string of the molecule is COc1ccc(Cl)cc1CC1(C(=O)O)COC1. The summed E-state index contributed by atoms with van der Waals surface area (Å²) < 4.78 is 10.2. The first-order chi connectivity index (χ1) is 8.07. The van der Waals surface area contributed by atoms with Crippen LogP contribution >= 0.6 is 11.6 Å². The molecule has 1 aliphatic rings. The molecule has 1 heterocycles. The topological polar surface area (TPSA) is 55.8 Å². The molecule has 0 spiro atoms. The highest BCUT2D eigenvalue weighted by Gasteiger charge is 2.46. The highest BCUT2D eigenvalue weighted by atomic mass is 35.5. The number of ether oxygens (including phenoxy) is 2. The lowest BCUT2D eigenvalue weighted by molar-refractivity contribution is -0.179. The summed E-state index contributed by atoms with van der Waals surface area (Å²) in [5, 5.41) is 9.80. The van der Waals surface area contributed by atoms with E-state index in [0.717, 1.165) is 5.56 Å². The van der Waals surface area contributed by atoms with Crippen molar-refractivity contribution in [2.75, 3.05) is 20.3 Å². The van der Waals surface area contributed by atoms with Gasteiger partial charge in [0, 0.05) is 5.02 Å². The molecule has 5 heteroatoms. The summed E-state index contributed by atoms with van der Waals surface area (Å²) in [6.07, 6.45) is 0.367. The molecule has 0 saturated carbocycles. The molecular formula is C12H13ClO4. The summed E-state index contributed by atoms with van der Waals surface area (Å²) in [4.78, 5) is 11.2. The van der Waals surface area contributed by atoms with E-state index in [1.165, 1.54) is 0 Å². The van der Waals surface area contributed by atoms with Crippen molar-refractivity contribution in [1.29, 1.82) is 0 Å². The summed E-state index contributed by atoms with van der Waals surface area (Å²) in [7, 11) is 1.55. The maximum Gasteiger partial charge on any atom is 0.314 e. The predicted octanol–water partition coefficient (Wildman–Crippen LogP) is 1.99. The van der Waals surface area contributed by atoms with Crippen molar-refractivity contribution in [3.8, 4) is 5.75 Å². The Kier molecular flexibility index (Phi) is 3.26. The normalized spacial score (nSPS) is 17.3. The summed E-state index contributed by atoms with van der Waals surface area (Å²) in [6, 6.07) is 5.20. The molecule has 1 fully saturated rings. The first-order valence-electron chi connectivity index (χ1n) is 5.21. The highest BCUT2D eigenvalue weighted by Crippen LogP contribution is 2.35. The second-order valence-electron chi connectivity index (χ2n) is 4.21. The van der Waals surface area contributed by atoms with Crippen LogP contribution in [-0.2, 0) is 16.0 Å². The summed E-state index contributed by atoms with van der Waals surface area (Å²) in [6.45, 7) is 0.468. The Hall–Kier alpha value is -1.26. The zero-order valence-electron chi connectivity index (χ0n) is 9.40. The van der Waals surface area contributed by atoms with E-state index in [0.29, 0.717) is 17.2 Å². The van der Waals surface area contributed by atoms with Crippen LogP contribution < -0.4 is 4.74 Å². The summed E-state index contributed by atoms with van der Waals surface area (Å²) in [5.74, 6) is -0.187. The van der Waals surface area contributed by atoms with E-state index in [2.05, 4.69) is 0 Å². The molecule has 1 saturated heterocycles. The molecule has 1 N–H and O–H groups in total. The van der Waals surface area contributed by atoms with Crippen molar-refractivity contribution in [1.82, 2.24) is 0 Å². The van der Waals surface area contributed by atoms with Crippen LogP contribution in [0, 0.1) is 5.41 Å². The van der Waals surface area contributed by atoms with Crippen LogP contribution in [0.15, 0.2) is 18.2 Å². The molecule has 0 aromatic heterocycles. The second kappa shape index (κ2) is 4.55. The number of carboxylic acid groups (broad SMARTS) is 1. The average molecular weight is 257 g/mol. The number of hydrogen-bond acceptors (Lipinski definition) is 3. The molecule has 0 unspecified atom stereocenters. The lowest BCUT2D eigenvalue weighted by atomic mass is 9.79. The molecule has 92 valence electrons. The lowest BCUT2D eigenvalue weighted by Gasteiger charge is -2.37. The molecule has 0 bridgehead atoms. The van der Waals surface area contributed by atoms with Gasteiger partial charge in [-0.1, -0.05) is 11.6 Å². The Balaban J connectivity index is 2.28. The van der Waals surface area contributed by atoms with E-state index >= 15 is 0 Å². The first kappa shape index (κ1) is 12.2. The van der Waals surface area contributed by atoms with Gasteiger partial charge in [0.15, 0.2) is 0 Å². The molecule has 17 heavy (non-hydrogen) atoms. The van der Waals surface area contributed by atoms with Crippen LogP contribution in [0.2, 0.25) is 5.02 Å². The van der Waals surface area contributed by atoms with Crippen LogP contribution in [0.1, 0.15) is 5.56 Å². The quantitative estimate of drug-likeness (QED) is 0.895. The van der Waals surface area contributed by atoms with Crippen LogP contribution in [0.3, 0.4) is 0 Å². The number of halogens is 1. The minimum absolute atomic E-state index is 0.234. The van der Waals surface area contributed by atoms with Gasteiger partial charge in [-0.2, -0.15) is 0 Å². The van der Waals surface area contributed by atoms with E-state index in [-0.39, 0.29) is 13.2 Å². The fourth-order valence-corrected chi connectivity index (χ4v) is 2.09. The molecule has 0 atom stereocenters. The van der Waals surface area contributed by atoms with Gasteiger partial charge >= 0.3 is 5.97 Å². The van der Waals surface area contributed by atoms with Gasteiger partial charge in [-0.3, -0.25) is 4.79 Å². The highest BCUT2D eigenvalue weighted by molar-refractivity contribution is 6.30. The maximum atomic E-state index is 11.2. The van der Waals surface area contributed by atoms with Crippen molar-refractivity contribution in [2.24, 2.45) is 5.41 Å². The molecule has 1 aliphatic heterocycles. The lowest BCUT2D eigenvalue weighted by Crippen LogP contribution is -2.50. The molecule has 0 amide bonds. The van der Waals surface area contributed by atoms with Crippen LogP contribution in [-0.4, -0.2) is 31.4 Å². The van der Waals surface area contributed by atoms with Crippen LogP contribution in [0.5, 0.6) is 5.75 Å². The van der Waals surface area contributed by atoms with Crippen molar-refractivity contribution >= 4 is 17.6 Å². The number of rotatable bonds is 4. The monoisotopic (exact) mass is 256 g/mol.